The van der Waals surface area contributed by atoms with Crippen molar-refractivity contribution < 1.29 is 4.79 Å². The lowest BCUT2D eigenvalue weighted by atomic mass is 10.2. The minimum absolute atomic E-state index is 0.0612. The molecule has 0 saturated heterocycles. The lowest BCUT2D eigenvalue weighted by Crippen LogP contribution is -2.26. The van der Waals surface area contributed by atoms with Crippen LogP contribution in [-0.4, -0.2) is 34.2 Å². The second-order valence-corrected chi connectivity index (χ2v) is 7.30. The first-order valence-corrected chi connectivity index (χ1v) is 9.03. The molecule has 1 amide bonds. The fraction of sp³-hybridized carbons (Fsp3) is 0.278. The number of hydrogen-bond donors (Lipinski definition) is 0. The minimum atomic E-state index is -0.0612. The Morgan fingerprint density at radius 3 is 2.80 bits per heavy atom. The third kappa shape index (κ3) is 3.68. The molecule has 0 radical (unpaired) electrons. The van der Waals surface area contributed by atoms with Gasteiger partial charge in [-0.25, -0.2) is 0 Å². The van der Waals surface area contributed by atoms with Crippen molar-refractivity contribution in [1.82, 2.24) is 14.7 Å². The van der Waals surface area contributed by atoms with Gasteiger partial charge in [-0.05, 0) is 30.7 Å². The maximum absolute atomic E-state index is 12.5. The molecule has 0 unspecified atom stereocenters. The molecule has 0 aliphatic carbocycles. The predicted molar refractivity (Wildman–Crippen MR) is 100 cm³/mol. The number of aromatic nitrogens is 2. The summed E-state index contributed by atoms with van der Waals surface area (Å²) in [6.07, 6.45) is 0.330. The van der Waals surface area contributed by atoms with Gasteiger partial charge in [0.2, 0.25) is 0 Å². The van der Waals surface area contributed by atoms with Gasteiger partial charge >= 0.3 is 0 Å². The molecule has 25 heavy (non-hydrogen) atoms. The molecule has 3 aromatic rings. The van der Waals surface area contributed by atoms with Crippen molar-refractivity contribution in [2.24, 2.45) is 0 Å². The van der Waals surface area contributed by atoms with Crippen LogP contribution in [-0.2, 0) is 6.54 Å². The third-order valence-corrected chi connectivity index (χ3v) is 5.36. The van der Waals surface area contributed by atoms with Crippen LogP contribution >= 0.6 is 22.9 Å². The van der Waals surface area contributed by atoms with Crippen LogP contribution in [0.2, 0.25) is 5.02 Å². The quantitative estimate of drug-likeness (QED) is 0.677. The van der Waals surface area contributed by atoms with Crippen LogP contribution < -0.4 is 0 Å². The van der Waals surface area contributed by atoms with Gasteiger partial charge < -0.3 is 4.90 Å². The highest BCUT2D eigenvalue weighted by molar-refractivity contribution is 7.20. The zero-order valence-corrected chi connectivity index (χ0v) is 15.6. The summed E-state index contributed by atoms with van der Waals surface area (Å²) >= 11 is 7.37. The monoisotopic (exact) mass is 372 g/mol. The highest BCUT2D eigenvalue weighted by Crippen LogP contribution is 2.29. The summed E-state index contributed by atoms with van der Waals surface area (Å²) in [6.45, 7) is 3.00. The highest BCUT2D eigenvalue weighted by atomic mass is 35.5. The molecule has 2 heterocycles. The summed E-state index contributed by atoms with van der Waals surface area (Å²) < 4.78 is 1.92. The Morgan fingerprint density at radius 1 is 1.40 bits per heavy atom. The maximum atomic E-state index is 12.5. The molecule has 0 aliphatic heterocycles. The van der Waals surface area contributed by atoms with E-state index in [0.29, 0.717) is 29.4 Å². The second-order valence-electron chi connectivity index (χ2n) is 5.83. The van der Waals surface area contributed by atoms with E-state index in [9.17, 15) is 4.79 Å². The number of carbonyl (C=O) groups excluding carboxylic acids is 1. The zero-order chi connectivity index (χ0) is 18.0. The van der Waals surface area contributed by atoms with Crippen molar-refractivity contribution in [2.75, 3.05) is 13.6 Å². The first kappa shape index (κ1) is 17.5. The predicted octanol–water partition coefficient (Wildman–Crippen LogP) is 4.09. The van der Waals surface area contributed by atoms with E-state index in [1.165, 1.54) is 11.3 Å². The van der Waals surface area contributed by atoms with Crippen molar-refractivity contribution in [2.45, 2.75) is 19.9 Å². The molecule has 128 valence electrons. The number of hydrogen-bond acceptors (Lipinski definition) is 4. The van der Waals surface area contributed by atoms with Crippen LogP contribution in [0.4, 0.5) is 0 Å². The molecule has 0 spiro atoms. The summed E-state index contributed by atoms with van der Waals surface area (Å²) in [5.74, 6) is -0.0612. The Balaban J connectivity index is 1.89. The fourth-order valence-electron chi connectivity index (χ4n) is 2.60. The van der Waals surface area contributed by atoms with E-state index < -0.39 is 0 Å². The van der Waals surface area contributed by atoms with E-state index in [1.54, 1.807) is 11.9 Å². The first-order chi connectivity index (χ1) is 12.0. The largest absolute Gasteiger partial charge is 0.340 e. The zero-order valence-electron chi connectivity index (χ0n) is 14.0. The van der Waals surface area contributed by atoms with Gasteiger partial charge in [0.25, 0.3) is 5.91 Å². The van der Waals surface area contributed by atoms with Crippen LogP contribution in [0.5, 0.6) is 0 Å². The minimum Gasteiger partial charge on any atom is -0.340 e. The highest BCUT2D eigenvalue weighted by Gasteiger charge is 2.19. The van der Waals surface area contributed by atoms with Gasteiger partial charge in [0.15, 0.2) is 0 Å². The van der Waals surface area contributed by atoms with E-state index in [0.717, 1.165) is 21.5 Å². The SMILES string of the molecule is Cc1nn(Cc2ccc(Cl)cc2)c2sc(C(=O)N(C)CCC#N)cc12. The van der Waals surface area contributed by atoms with Gasteiger partial charge in [-0.3, -0.25) is 9.48 Å². The number of aryl methyl sites for hydroxylation is 1. The number of amides is 1. The number of halogens is 1. The molecule has 0 fully saturated rings. The maximum Gasteiger partial charge on any atom is 0.263 e. The van der Waals surface area contributed by atoms with Crippen molar-refractivity contribution in [3.63, 3.8) is 0 Å². The molecule has 0 N–H and O–H groups in total. The molecule has 7 heteroatoms. The topological polar surface area (TPSA) is 61.9 Å². The number of benzene rings is 1. The van der Waals surface area contributed by atoms with E-state index in [-0.39, 0.29) is 5.91 Å². The summed E-state index contributed by atoms with van der Waals surface area (Å²) in [7, 11) is 1.72. The van der Waals surface area contributed by atoms with Gasteiger partial charge in [0, 0.05) is 24.0 Å². The molecule has 0 saturated carbocycles. The van der Waals surface area contributed by atoms with Crippen molar-refractivity contribution in [1.29, 1.82) is 5.26 Å². The molecule has 0 bridgehead atoms. The van der Waals surface area contributed by atoms with Gasteiger partial charge in [-0.2, -0.15) is 10.4 Å². The van der Waals surface area contributed by atoms with Crippen molar-refractivity contribution in [3.05, 3.63) is 51.5 Å². The molecule has 0 atom stereocenters. The third-order valence-electron chi connectivity index (χ3n) is 3.97. The standard InChI is InChI=1S/C18H17ClN4OS/c1-12-15-10-16(17(24)22(2)9-3-8-20)25-18(15)23(21-12)11-13-4-6-14(19)7-5-13/h4-7,10H,3,9,11H2,1-2H3. The van der Waals surface area contributed by atoms with Crippen molar-refractivity contribution >= 4 is 39.1 Å². The summed E-state index contributed by atoms with van der Waals surface area (Å²) in [5.41, 5.74) is 2.00. The molecule has 5 nitrogen and oxygen atoms in total. The van der Waals surface area contributed by atoms with Crippen LogP contribution in [0.1, 0.15) is 27.3 Å². The molecule has 1 aromatic carbocycles. The van der Waals surface area contributed by atoms with Gasteiger partial charge in [0.05, 0.1) is 29.6 Å². The van der Waals surface area contributed by atoms with Gasteiger partial charge in [0.1, 0.15) is 4.83 Å². The Bertz CT molecular complexity index is 952. The normalized spacial score (nSPS) is 10.8. The van der Waals surface area contributed by atoms with Gasteiger partial charge in [-0.15, -0.1) is 11.3 Å². The fourth-order valence-corrected chi connectivity index (χ4v) is 3.88. The Morgan fingerprint density at radius 2 is 2.12 bits per heavy atom. The molecule has 3 rings (SSSR count). The van der Waals surface area contributed by atoms with Gasteiger partial charge in [-0.1, -0.05) is 23.7 Å². The lowest BCUT2D eigenvalue weighted by Gasteiger charge is -2.13. The molecule has 2 aromatic heterocycles. The number of thiophene rings is 1. The molecular formula is C18H17ClN4OS. The van der Waals surface area contributed by atoms with E-state index in [4.69, 9.17) is 16.9 Å². The number of nitriles is 1. The van der Waals surface area contributed by atoms with Crippen molar-refractivity contribution in [3.8, 4) is 6.07 Å². The molecule has 0 aliphatic rings. The number of rotatable bonds is 5. The van der Waals surface area contributed by atoms with E-state index in [1.807, 2.05) is 41.9 Å². The number of fused-ring (bicyclic) bond motifs is 1. The Kier molecular flexibility index (Phi) is 5.07. The summed E-state index contributed by atoms with van der Waals surface area (Å²) in [5, 5.41) is 15.0. The number of carbonyl (C=O) groups is 1. The number of nitrogens with zero attached hydrogens (tertiary/aromatic N) is 4. The first-order valence-electron chi connectivity index (χ1n) is 7.83. The van der Waals surface area contributed by atoms with Crippen LogP contribution in [0.25, 0.3) is 10.2 Å². The van der Waals surface area contributed by atoms with E-state index >= 15 is 0 Å². The average Bonchev–Trinajstić information content (AvgIpc) is 3.16. The summed E-state index contributed by atoms with van der Waals surface area (Å²) in [6, 6.07) is 11.6. The molecular weight excluding hydrogens is 356 g/mol. The van der Waals surface area contributed by atoms with Crippen LogP contribution in [0.15, 0.2) is 30.3 Å². The Hall–Kier alpha value is -2.36. The Labute approximate surface area is 155 Å². The summed E-state index contributed by atoms with van der Waals surface area (Å²) in [4.78, 5) is 15.7. The smallest absolute Gasteiger partial charge is 0.263 e. The van der Waals surface area contributed by atoms with E-state index in [2.05, 4.69) is 11.2 Å². The average molecular weight is 373 g/mol. The second kappa shape index (κ2) is 7.26. The lowest BCUT2D eigenvalue weighted by molar-refractivity contribution is 0.0803. The van der Waals surface area contributed by atoms with Crippen LogP contribution in [0, 0.1) is 18.3 Å². The van der Waals surface area contributed by atoms with Crippen LogP contribution in [0.3, 0.4) is 0 Å².